The van der Waals surface area contributed by atoms with Crippen molar-refractivity contribution in [2.24, 2.45) is 0 Å². The van der Waals surface area contributed by atoms with Crippen molar-refractivity contribution in [3.05, 3.63) is 33.5 Å². The summed E-state index contributed by atoms with van der Waals surface area (Å²) in [7, 11) is 1.52. The summed E-state index contributed by atoms with van der Waals surface area (Å²) in [6.45, 7) is 0.0104. The smallest absolute Gasteiger partial charge is 0.280 e. The fourth-order valence-corrected chi connectivity index (χ4v) is 2.19. The number of amides is 1. The summed E-state index contributed by atoms with van der Waals surface area (Å²) in [6.07, 6.45) is 1.37. The lowest BCUT2D eigenvalue weighted by atomic mass is 10.1. The van der Waals surface area contributed by atoms with Crippen LogP contribution in [-0.2, 0) is 4.79 Å². The minimum atomic E-state index is -0.546. The van der Waals surface area contributed by atoms with E-state index < -0.39 is 4.92 Å². The lowest BCUT2D eigenvalue weighted by Crippen LogP contribution is -2.25. The topological polar surface area (TPSA) is 93.9 Å². The van der Waals surface area contributed by atoms with Crippen molar-refractivity contribution in [1.29, 1.82) is 0 Å². The second-order valence-electron chi connectivity index (χ2n) is 4.37. The SMILES string of the molecule is CN1C(=O)/C(=C\c2cc3c(cc2[N+](=O)[O-])OCO3)NC1=S. The van der Waals surface area contributed by atoms with Crippen LogP contribution >= 0.6 is 12.2 Å². The van der Waals surface area contributed by atoms with Gasteiger partial charge in [0.2, 0.25) is 6.79 Å². The number of nitrogens with zero attached hydrogens (tertiary/aromatic N) is 2. The summed E-state index contributed by atoms with van der Waals surface area (Å²) >= 11 is 4.95. The van der Waals surface area contributed by atoms with E-state index in [2.05, 4.69) is 5.32 Å². The predicted octanol–water partition coefficient (Wildman–Crippen LogP) is 1.01. The third kappa shape index (κ3) is 2.17. The van der Waals surface area contributed by atoms with Crippen LogP contribution in [0.3, 0.4) is 0 Å². The minimum Gasteiger partial charge on any atom is -0.454 e. The van der Waals surface area contributed by atoms with Crippen molar-refractivity contribution in [2.75, 3.05) is 13.8 Å². The van der Waals surface area contributed by atoms with Gasteiger partial charge in [-0.2, -0.15) is 0 Å². The molecule has 0 spiro atoms. The zero-order valence-electron chi connectivity index (χ0n) is 10.8. The van der Waals surface area contributed by atoms with E-state index in [4.69, 9.17) is 21.7 Å². The number of hydrogen-bond donors (Lipinski definition) is 1. The number of carbonyl (C=O) groups is 1. The molecule has 1 aromatic carbocycles. The standard InChI is InChI=1S/C12H9N3O5S/c1-14-11(16)7(13-12(14)21)2-6-3-9-10(20-5-19-9)4-8(6)15(17)18/h2-4H,5H2,1H3,(H,13,21)/b7-2+. The molecule has 0 bridgehead atoms. The second kappa shape index (κ2) is 4.70. The lowest BCUT2D eigenvalue weighted by molar-refractivity contribution is -0.385. The van der Waals surface area contributed by atoms with Crippen molar-refractivity contribution < 1.29 is 19.2 Å². The molecule has 3 rings (SSSR count). The summed E-state index contributed by atoms with van der Waals surface area (Å²) < 4.78 is 10.3. The molecule has 1 amide bonds. The number of rotatable bonds is 2. The third-order valence-electron chi connectivity index (χ3n) is 3.10. The zero-order valence-corrected chi connectivity index (χ0v) is 11.6. The number of carbonyl (C=O) groups excluding carboxylic acids is 1. The molecule has 2 aliphatic heterocycles. The molecule has 21 heavy (non-hydrogen) atoms. The van der Waals surface area contributed by atoms with E-state index in [1.807, 2.05) is 0 Å². The molecule has 1 saturated heterocycles. The maximum absolute atomic E-state index is 11.9. The Bertz CT molecular complexity index is 715. The molecule has 0 aliphatic carbocycles. The van der Waals surface area contributed by atoms with Gasteiger partial charge in [-0.05, 0) is 24.4 Å². The number of nitrogens with one attached hydrogen (secondary N) is 1. The van der Waals surface area contributed by atoms with Gasteiger partial charge < -0.3 is 14.8 Å². The number of likely N-dealkylation sites (N-methyl/N-ethyl adjacent to an activating group) is 1. The first-order valence-corrected chi connectivity index (χ1v) is 6.27. The molecular weight excluding hydrogens is 298 g/mol. The monoisotopic (exact) mass is 307 g/mol. The van der Waals surface area contributed by atoms with Gasteiger partial charge in [0.05, 0.1) is 16.6 Å². The molecule has 2 heterocycles. The average molecular weight is 307 g/mol. The van der Waals surface area contributed by atoms with E-state index in [0.717, 1.165) is 0 Å². The molecule has 1 N–H and O–H groups in total. The molecule has 0 unspecified atom stereocenters. The summed E-state index contributed by atoms with van der Waals surface area (Å²) in [5.41, 5.74) is 0.226. The summed E-state index contributed by atoms with van der Waals surface area (Å²) in [6, 6.07) is 2.74. The minimum absolute atomic E-state index is 0.0104. The molecule has 0 aromatic heterocycles. The molecule has 2 aliphatic rings. The Kier molecular flexibility index (Phi) is 2.98. The van der Waals surface area contributed by atoms with Crippen molar-refractivity contribution in [3.8, 4) is 11.5 Å². The van der Waals surface area contributed by atoms with Crippen molar-refractivity contribution >= 4 is 35.0 Å². The third-order valence-corrected chi connectivity index (χ3v) is 3.48. The van der Waals surface area contributed by atoms with Crippen LogP contribution in [0.5, 0.6) is 11.5 Å². The van der Waals surface area contributed by atoms with E-state index in [1.165, 1.54) is 30.2 Å². The average Bonchev–Trinajstić information content (AvgIpc) is 2.98. The van der Waals surface area contributed by atoms with Crippen LogP contribution in [0, 0.1) is 10.1 Å². The summed E-state index contributed by atoms with van der Waals surface area (Å²) in [5, 5.41) is 14.1. The number of benzene rings is 1. The van der Waals surface area contributed by atoms with Gasteiger partial charge in [-0.15, -0.1) is 0 Å². The van der Waals surface area contributed by atoms with Crippen molar-refractivity contribution in [1.82, 2.24) is 10.2 Å². The normalized spacial score (nSPS) is 18.3. The maximum Gasteiger partial charge on any atom is 0.280 e. The van der Waals surface area contributed by atoms with Gasteiger partial charge in [0.25, 0.3) is 11.6 Å². The van der Waals surface area contributed by atoms with Crippen LogP contribution in [0.2, 0.25) is 0 Å². The Hall–Kier alpha value is -2.68. The highest BCUT2D eigenvalue weighted by Crippen LogP contribution is 2.38. The van der Waals surface area contributed by atoms with Gasteiger partial charge in [0, 0.05) is 7.05 Å². The van der Waals surface area contributed by atoms with Gasteiger partial charge in [-0.1, -0.05) is 0 Å². The maximum atomic E-state index is 11.9. The van der Waals surface area contributed by atoms with Gasteiger partial charge in [-0.25, -0.2) is 0 Å². The quantitative estimate of drug-likeness (QED) is 0.377. The van der Waals surface area contributed by atoms with Crippen LogP contribution in [-0.4, -0.2) is 34.7 Å². The molecule has 8 nitrogen and oxygen atoms in total. The van der Waals surface area contributed by atoms with Crippen LogP contribution in [0.4, 0.5) is 5.69 Å². The fourth-order valence-electron chi connectivity index (χ4n) is 2.00. The first-order valence-electron chi connectivity index (χ1n) is 5.86. The van der Waals surface area contributed by atoms with Crippen LogP contribution in [0.1, 0.15) is 5.56 Å². The Morgan fingerprint density at radius 2 is 2.10 bits per heavy atom. The van der Waals surface area contributed by atoms with Gasteiger partial charge in [0.15, 0.2) is 16.6 Å². The first kappa shape index (κ1) is 13.3. The summed E-state index contributed by atoms with van der Waals surface area (Å²) in [4.78, 5) is 23.8. The lowest BCUT2D eigenvalue weighted by Gasteiger charge is -2.03. The molecule has 9 heteroatoms. The molecule has 108 valence electrons. The van der Waals surface area contributed by atoms with Gasteiger partial charge in [-0.3, -0.25) is 19.8 Å². The Morgan fingerprint density at radius 3 is 2.67 bits per heavy atom. The second-order valence-corrected chi connectivity index (χ2v) is 4.76. The Morgan fingerprint density at radius 1 is 1.43 bits per heavy atom. The van der Waals surface area contributed by atoms with Gasteiger partial charge >= 0.3 is 0 Å². The number of nitro groups is 1. The largest absolute Gasteiger partial charge is 0.454 e. The highest BCUT2D eigenvalue weighted by molar-refractivity contribution is 7.80. The molecular formula is C12H9N3O5S. The van der Waals surface area contributed by atoms with Crippen LogP contribution in [0.25, 0.3) is 6.08 Å². The van der Waals surface area contributed by atoms with E-state index >= 15 is 0 Å². The Labute approximate surface area is 124 Å². The van der Waals surface area contributed by atoms with Crippen LogP contribution in [0.15, 0.2) is 17.8 Å². The van der Waals surface area contributed by atoms with E-state index in [-0.39, 0.29) is 34.8 Å². The fraction of sp³-hybridized carbons (Fsp3) is 0.167. The predicted molar refractivity (Wildman–Crippen MR) is 75.7 cm³/mol. The van der Waals surface area contributed by atoms with Crippen molar-refractivity contribution in [2.45, 2.75) is 0 Å². The zero-order chi connectivity index (χ0) is 15.1. The number of hydrogen-bond acceptors (Lipinski definition) is 6. The number of thiocarbonyl (C=S) groups is 1. The highest BCUT2D eigenvalue weighted by Gasteiger charge is 2.29. The van der Waals surface area contributed by atoms with Crippen LogP contribution < -0.4 is 14.8 Å². The molecule has 0 atom stereocenters. The Balaban J connectivity index is 2.08. The first-order chi connectivity index (χ1) is 9.97. The van der Waals surface area contributed by atoms with E-state index in [0.29, 0.717) is 11.5 Å². The highest BCUT2D eigenvalue weighted by atomic mass is 32.1. The molecule has 0 saturated carbocycles. The number of nitro benzene ring substituents is 1. The van der Waals surface area contributed by atoms with E-state index in [1.54, 1.807) is 0 Å². The van der Waals surface area contributed by atoms with Gasteiger partial charge in [0.1, 0.15) is 5.70 Å². The molecule has 1 fully saturated rings. The number of ether oxygens (including phenoxy) is 2. The molecule has 1 aromatic rings. The summed E-state index contributed by atoms with van der Waals surface area (Å²) in [5.74, 6) is 0.350. The molecule has 0 radical (unpaired) electrons. The van der Waals surface area contributed by atoms with E-state index in [9.17, 15) is 14.9 Å². The number of fused-ring (bicyclic) bond motifs is 1. The van der Waals surface area contributed by atoms with Crippen molar-refractivity contribution in [3.63, 3.8) is 0 Å².